The molecule has 15 heteroatoms. The van der Waals surface area contributed by atoms with Gasteiger partial charge >= 0.3 is 0 Å². The summed E-state index contributed by atoms with van der Waals surface area (Å²) in [6.45, 7) is 15.6. The van der Waals surface area contributed by atoms with Crippen LogP contribution in [0.4, 0.5) is 5.82 Å². The molecule has 338 valence electrons. The van der Waals surface area contributed by atoms with Crippen molar-refractivity contribution in [2.24, 2.45) is 16.7 Å². The van der Waals surface area contributed by atoms with E-state index in [1.807, 2.05) is 30.3 Å². The summed E-state index contributed by atoms with van der Waals surface area (Å²) in [6.07, 6.45) is 7.06. The molecule has 2 aromatic carbocycles. The molecule has 4 fully saturated rings. The molecule has 15 nitrogen and oxygen atoms in total. The van der Waals surface area contributed by atoms with Crippen LogP contribution in [0.3, 0.4) is 0 Å². The SMILES string of the molecule is CC(C)N(CC1CCN(c2ccc(C(=O)N[C@H]3C(C)(C)[C@H](Oc4ccc(C#N)c5ncccc45)C3(C)C)cn2)CC1)[C@H]1C[C@H](Oc2ccc3c(c2)C(=O)N(C2CCC(=O)NC2=O)C3=O)C1. The maximum atomic E-state index is 13.7. The van der Waals surface area contributed by atoms with Gasteiger partial charge in [-0.05, 0) is 93.6 Å². The topological polar surface area (TPSA) is 187 Å². The lowest BCUT2D eigenvalue weighted by Gasteiger charge is -2.63. The molecule has 5 aliphatic rings. The minimum Gasteiger partial charge on any atom is -0.490 e. The molecular formula is C50H56N8O7. The lowest BCUT2D eigenvalue weighted by molar-refractivity contribution is -0.163. The lowest BCUT2D eigenvalue weighted by Crippen LogP contribution is -2.74. The standard InChI is InChI=1S/C50H56N8O7/c1-28(2)57(32-22-34(23-32)64-33-11-12-35-37(24-33)46(63)58(45(35)62)38-13-16-41(59)54-44(38)61)27-29-17-20-56(21-18-29)40-15-10-31(26-53-40)43(60)55-47-49(3,4)48(50(47,5)6)65-39-14-9-30(25-51)42-36(39)8-7-19-52-42/h7-12,14-15,19,24,26,28-29,32,34,38,47-48H,13,16-18,20-23,27H2,1-6H3,(H,55,60)(H,54,59,61)/t32-,34-,38?,47-,48-. The molecule has 4 aromatic rings. The Kier molecular flexibility index (Phi) is 11.4. The Morgan fingerprint density at radius 3 is 2.35 bits per heavy atom. The number of ether oxygens (including phenoxy) is 2. The van der Waals surface area contributed by atoms with Crippen molar-refractivity contribution >= 4 is 46.3 Å². The minimum atomic E-state index is -1.01. The first kappa shape index (κ1) is 43.8. The van der Waals surface area contributed by atoms with Gasteiger partial charge in [0.2, 0.25) is 11.8 Å². The third-order valence-corrected chi connectivity index (χ3v) is 14.5. The second-order valence-electron chi connectivity index (χ2n) is 19.8. The summed E-state index contributed by atoms with van der Waals surface area (Å²) < 4.78 is 13.0. The van der Waals surface area contributed by atoms with Crippen molar-refractivity contribution in [3.05, 3.63) is 89.2 Å². The Labute approximate surface area is 378 Å². The van der Waals surface area contributed by atoms with Crippen molar-refractivity contribution in [2.75, 3.05) is 24.5 Å². The van der Waals surface area contributed by atoms with Crippen LogP contribution in [0.15, 0.2) is 67.0 Å². The summed E-state index contributed by atoms with van der Waals surface area (Å²) in [6, 6.07) is 17.8. The predicted octanol–water partition coefficient (Wildman–Crippen LogP) is 6.05. The van der Waals surface area contributed by atoms with Crippen LogP contribution in [0.1, 0.15) is 117 Å². The van der Waals surface area contributed by atoms with Crippen LogP contribution < -0.4 is 25.0 Å². The molecule has 5 amide bonds. The van der Waals surface area contributed by atoms with Gasteiger partial charge in [-0.2, -0.15) is 5.26 Å². The Balaban J connectivity index is 0.743. The zero-order chi connectivity index (χ0) is 45.9. The van der Waals surface area contributed by atoms with Crippen molar-refractivity contribution in [1.29, 1.82) is 5.26 Å². The first-order valence-electron chi connectivity index (χ1n) is 22.8. The van der Waals surface area contributed by atoms with Gasteiger partial charge in [0, 0.05) is 85.6 Å². The molecule has 2 saturated carbocycles. The molecule has 5 heterocycles. The number of imide groups is 2. The number of fused-ring (bicyclic) bond motifs is 2. The van der Waals surface area contributed by atoms with Crippen LogP contribution in [-0.4, -0.2) is 105 Å². The zero-order valence-corrected chi connectivity index (χ0v) is 37.8. The number of piperidine rings is 2. The molecular weight excluding hydrogens is 825 g/mol. The van der Waals surface area contributed by atoms with E-state index in [1.54, 1.807) is 36.7 Å². The number of anilines is 1. The fraction of sp³-hybridized carbons (Fsp3) is 0.480. The Morgan fingerprint density at radius 1 is 0.938 bits per heavy atom. The molecule has 2 saturated heterocycles. The number of hydrogen-bond donors (Lipinski definition) is 2. The third-order valence-electron chi connectivity index (χ3n) is 14.5. The molecule has 9 rings (SSSR count). The van der Waals surface area contributed by atoms with E-state index in [1.165, 1.54) is 0 Å². The second-order valence-corrected chi connectivity index (χ2v) is 19.8. The highest BCUT2D eigenvalue weighted by Gasteiger charge is 2.64. The maximum absolute atomic E-state index is 13.7. The maximum Gasteiger partial charge on any atom is 0.262 e. The highest BCUT2D eigenvalue weighted by Crippen LogP contribution is 2.56. The first-order chi connectivity index (χ1) is 31.0. The van der Waals surface area contributed by atoms with E-state index in [4.69, 9.17) is 14.5 Å². The van der Waals surface area contributed by atoms with Crippen molar-refractivity contribution in [2.45, 2.75) is 116 Å². The van der Waals surface area contributed by atoms with Gasteiger partial charge in [-0.1, -0.05) is 27.7 Å². The molecule has 2 N–H and O–H groups in total. The highest BCUT2D eigenvalue weighted by molar-refractivity contribution is 6.23. The normalized spacial score (nSPS) is 24.9. The summed E-state index contributed by atoms with van der Waals surface area (Å²) >= 11 is 0. The quantitative estimate of drug-likeness (QED) is 0.157. The summed E-state index contributed by atoms with van der Waals surface area (Å²) in [5, 5.41) is 15.9. The van der Waals surface area contributed by atoms with E-state index in [9.17, 15) is 29.2 Å². The average Bonchev–Trinajstić information content (AvgIpc) is 3.52. The van der Waals surface area contributed by atoms with E-state index in [-0.39, 0.29) is 59.0 Å². The smallest absolute Gasteiger partial charge is 0.262 e. The van der Waals surface area contributed by atoms with E-state index in [2.05, 4.69) is 73.0 Å². The van der Waals surface area contributed by atoms with Gasteiger partial charge in [0.1, 0.15) is 41.6 Å². The van der Waals surface area contributed by atoms with Crippen molar-refractivity contribution in [3.63, 3.8) is 0 Å². The van der Waals surface area contributed by atoms with Gasteiger partial charge in [-0.15, -0.1) is 0 Å². The number of pyridine rings is 2. The first-order valence-corrected chi connectivity index (χ1v) is 22.8. The molecule has 1 unspecified atom stereocenters. The van der Waals surface area contributed by atoms with Gasteiger partial charge in [-0.3, -0.25) is 44.1 Å². The molecule has 0 bridgehead atoms. The minimum absolute atomic E-state index is 0.0209. The second kappa shape index (κ2) is 16.9. The van der Waals surface area contributed by atoms with Crippen molar-refractivity contribution in [1.82, 2.24) is 30.4 Å². The average molecular weight is 881 g/mol. The number of hydrogen-bond acceptors (Lipinski definition) is 12. The number of nitrogens with zero attached hydrogens (tertiary/aromatic N) is 6. The summed E-state index contributed by atoms with van der Waals surface area (Å²) in [4.78, 5) is 79.2. The summed E-state index contributed by atoms with van der Waals surface area (Å²) in [7, 11) is 0. The fourth-order valence-corrected chi connectivity index (χ4v) is 11.2. The van der Waals surface area contributed by atoms with Gasteiger partial charge in [-0.25, -0.2) is 4.98 Å². The number of nitriles is 1. The van der Waals surface area contributed by atoms with E-state index in [0.29, 0.717) is 46.1 Å². The molecule has 2 aromatic heterocycles. The monoisotopic (exact) mass is 880 g/mol. The Hall–Kier alpha value is -6.40. The zero-order valence-electron chi connectivity index (χ0n) is 37.8. The fourth-order valence-electron chi connectivity index (χ4n) is 11.2. The molecule has 3 aliphatic heterocycles. The molecule has 1 atom stereocenters. The third kappa shape index (κ3) is 7.96. The van der Waals surface area contributed by atoms with Crippen molar-refractivity contribution < 1.29 is 33.4 Å². The van der Waals surface area contributed by atoms with E-state index >= 15 is 0 Å². The van der Waals surface area contributed by atoms with Crippen LogP contribution in [-0.2, 0) is 9.59 Å². The Bertz CT molecular complexity index is 2590. The van der Waals surface area contributed by atoms with Crippen LogP contribution in [0.25, 0.3) is 10.9 Å². The largest absolute Gasteiger partial charge is 0.490 e. The number of nitrogens with one attached hydrogen (secondary N) is 2. The van der Waals surface area contributed by atoms with Gasteiger partial charge in [0.05, 0.1) is 27.8 Å². The van der Waals surface area contributed by atoms with Gasteiger partial charge in [0.25, 0.3) is 17.7 Å². The predicted molar refractivity (Wildman–Crippen MR) is 241 cm³/mol. The number of carbonyl (C=O) groups is 5. The molecule has 65 heavy (non-hydrogen) atoms. The number of rotatable bonds is 12. The number of amides is 5. The highest BCUT2D eigenvalue weighted by atomic mass is 16.5. The van der Waals surface area contributed by atoms with Gasteiger partial charge < -0.3 is 19.7 Å². The molecule has 0 spiro atoms. The van der Waals surface area contributed by atoms with Crippen LogP contribution in [0.2, 0.25) is 0 Å². The number of carbonyl (C=O) groups excluding carboxylic acids is 5. The Morgan fingerprint density at radius 2 is 1.68 bits per heavy atom. The van der Waals surface area contributed by atoms with Crippen molar-refractivity contribution in [3.8, 4) is 17.6 Å². The number of benzene rings is 2. The van der Waals surface area contributed by atoms with Gasteiger partial charge in [0.15, 0.2) is 0 Å². The lowest BCUT2D eigenvalue weighted by atomic mass is 9.49. The van der Waals surface area contributed by atoms with E-state index < -0.39 is 29.7 Å². The molecule has 2 aliphatic carbocycles. The number of aromatic nitrogens is 2. The summed E-state index contributed by atoms with van der Waals surface area (Å²) in [5.41, 5.74) is 1.29. The van der Waals surface area contributed by atoms with Crippen LogP contribution >= 0.6 is 0 Å². The molecule has 0 radical (unpaired) electrons. The summed E-state index contributed by atoms with van der Waals surface area (Å²) in [5.74, 6) is 0.293. The van der Waals surface area contributed by atoms with Crippen LogP contribution in [0, 0.1) is 28.1 Å². The van der Waals surface area contributed by atoms with E-state index in [0.717, 1.165) is 61.4 Å². The van der Waals surface area contributed by atoms with Crippen LogP contribution in [0.5, 0.6) is 11.5 Å².